The van der Waals surface area contributed by atoms with Gasteiger partial charge in [-0.2, -0.15) is 0 Å². The first-order valence-electron chi connectivity index (χ1n) is 3.30. The van der Waals surface area contributed by atoms with E-state index in [-0.39, 0.29) is 0 Å². The highest BCUT2D eigenvalue weighted by Crippen LogP contribution is 2.37. The number of hydrogen-bond acceptors (Lipinski definition) is 1. The van der Waals surface area contributed by atoms with E-state index in [4.69, 9.17) is 5.73 Å². The Balaban J connectivity index is 2.23. The molecule has 8 heavy (non-hydrogen) atoms. The highest BCUT2D eigenvalue weighted by molar-refractivity contribution is 5.11. The Labute approximate surface area is 49.6 Å². The quantitative estimate of drug-likeness (QED) is 0.460. The lowest BCUT2D eigenvalue weighted by Crippen LogP contribution is -2.23. The van der Waals surface area contributed by atoms with Gasteiger partial charge in [0, 0.05) is 6.04 Å². The Kier molecular flexibility index (Phi) is 0.770. The Morgan fingerprint density at radius 3 is 2.38 bits per heavy atom. The normalized spacial score (nSPS) is 50.9. The molecule has 2 bridgehead atoms. The zero-order valence-electron chi connectivity index (χ0n) is 4.88. The first kappa shape index (κ1) is 4.57. The molecule has 0 aromatic carbocycles. The predicted molar refractivity (Wildman–Crippen MR) is 33.3 cm³/mol. The molecular weight excluding hydrogens is 98.1 g/mol. The zero-order chi connectivity index (χ0) is 5.56. The van der Waals surface area contributed by atoms with Crippen LogP contribution in [0.25, 0.3) is 0 Å². The molecule has 44 valence electrons. The monoisotopic (exact) mass is 109 g/mol. The van der Waals surface area contributed by atoms with Crippen LogP contribution in [0.5, 0.6) is 0 Å². The van der Waals surface area contributed by atoms with Crippen molar-refractivity contribution in [1.29, 1.82) is 0 Å². The summed E-state index contributed by atoms with van der Waals surface area (Å²) in [4.78, 5) is 0. The van der Waals surface area contributed by atoms with Crippen LogP contribution in [-0.2, 0) is 0 Å². The van der Waals surface area contributed by atoms with Crippen molar-refractivity contribution in [3.05, 3.63) is 12.2 Å². The van der Waals surface area contributed by atoms with Crippen molar-refractivity contribution in [3.63, 3.8) is 0 Å². The third-order valence-electron chi connectivity index (χ3n) is 2.33. The smallest absolute Gasteiger partial charge is 0.0108 e. The summed E-state index contributed by atoms with van der Waals surface area (Å²) < 4.78 is 0. The van der Waals surface area contributed by atoms with Gasteiger partial charge in [0.25, 0.3) is 0 Å². The van der Waals surface area contributed by atoms with Crippen molar-refractivity contribution in [1.82, 2.24) is 0 Å². The van der Waals surface area contributed by atoms with E-state index < -0.39 is 0 Å². The lowest BCUT2D eigenvalue weighted by Gasteiger charge is -2.10. The lowest BCUT2D eigenvalue weighted by molar-refractivity contribution is 0.576. The van der Waals surface area contributed by atoms with Gasteiger partial charge in [-0.3, -0.25) is 0 Å². The number of nitrogens with two attached hydrogens (primary N) is 1. The average molecular weight is 109 g/mol. The van der Waals surface area contributed by atoms with Gasteiger partial charge in [-0.05, 0) is 24.7 Å². The fourth-order valence-electron chi connectivity index (χ4n) is 1.82. The molecule has 2 rings (SSSR count). The third-order valence-corrected chi connectivity index (χ3v) is 2.33. The molecule has 1 heteroatoms. The molecule has 0 heterocycles. The van der Waals surface area contributed by atoms with E-state index in [0.717, 1.165) is 11.8 Å². The summed E-state index contributed by atoms with van der Waals surface area (Å²) in [6.07, 6.45) is 7.16. The van der Waals surface area contributed by atoms with Crippen molar-refractivity contribution in [3.8, 4) is 0 Å². The fraction of sp³-hybridized carbons (Fsp3) is 0.714. The third kappa shape index (κ3) is 0.451. The molecule has 0 spiro atoms. The van der Waals surface area contributed by atoms with Crippen LogP contribution in [0.3, 0.4) is 0 Å². The van der Waals surface area contributed by atoms with E-state index in [1.165, 1.54) is 12.8 Å². The largest absolute Gasteiger partial charge is 0.327 e. The second kappa shape index (κ2) is 1.35. The Morgan fingerprint density at radius 2 is 2.12 bits per heavy atom. The van der Waals surface area contributed by atoms with Gasteiger partial charge in [0.2, 0.25) is 0 Å². The van der Waals surface area contributed by atoms with Crippen LogP contribution in [0.4, 0.5) is 0 Å². The van der Waals surface area contributed by atoms with Gasteiger partial charge in [-0.25, -0.2) is 0 Å². The number of fused-ring (bicyclic) bond motifs is 2. The summed E-state index contributed by atoms with van der Waals surface area (Å²) in [5.74, 6) is 1.58. The molecule has 0 amide bonds. The first-order valence-corrected chi connectivity index (χ1v) is 3.30. The molecule has 0 aromatic heterocycles. The molecule has 3 atom stereocenters. The minimum Gasteiger partial charge on any atom is -0.327 e. The van der Waals surface area contributed by atoms with E-state index in [1.807, 2.05) is 0 Å². The molecule has 1 unspecified atom stereocenters. The van der Waals surface area contributed by atoms with Crippen LogP contribution in [0.1, 0.15) is 12.8 Å². The Bertz CT molecular complexity index is 128. The van der Waals surface area contributed by atoms with Gasteiger partial charge >= 0.3 is 0 Å². The summed E-state index contributed by atoms with van der Waals surface area (Å²) in [5, 5.41) is 0. The second-order valence-corrected chi connectivity index (χ2v) is 2.94. The predicted octanol–water partition coefficient (Wildman–Crippen LogP) is 0.910. The van der Waals surface area contributed by atoms with Crippen LogP contribution < -0.4 is 5.73 Å². The minimum atomic E-state index is 0.491. The summed E-state index contributed by atoms with van der Waals surface area (Å²) in [6, 6.07) is 0.491. The van der Waals surface area contributed by atoms with Gasteiger partial charge in [0.05, 0.1) is 0 Å². The molecular formula is C7H11N. The van der Waals surface area contributed by atoms with Crippen LogP contribution in [0.2, 0.25) is 0 Å². The topological polar surface area (TPSA) is 26.0 Å². The standard InChI is InChI=1S/C7H11N/c8-7-4-5-1-2-6(7)3-5/h1-2,5-7H,3-4,8H2/t5-,6-,7?/m0/s1. The van der Waals surface area contributed by atoms with Gasteiger partial charge in [-0.15, -0.1) is 0 Å². The minimum absolute atomic E-state index is 0.491. The highest BCUT2D eigenvalue weighted by atomic mass is 14.7. The fourth-order valence-corrected chi connectivity index (χ4v) is 1.82. The Morgan fingerprint density at radius 1 is 1.25 bits per heavy atom. The zero-order valence-corrected chi connectivity index (χ0v) is 4.88. The molecule has 1 nitrogen and oxygen atoms in total. The van der Waals surface area contributed by atoms with Crippen LogP contribution in [0, 0.1) is 11.8 Å². The van der Waals surface area contributed by atoms with Crippen LogP contribution in [-0.4, -0.2) is 6.04 Å². The summed E-state index contributed by atoms with van der Waals surface area (Å²) in [6.45, 7) is 0. The summed E-state index contributed by atoms with van der Waals surface area (Å²) in [7, 11) is 0. The van der Waals surface area contributed by atoms with Crippen LogP contribution >= 0.6 is 0 Å². The lowest BCUT2D eigenvalue weighted by atomic mass is 10.0. The van der Waals surface area contributed by atoms with E-state index >= 15 is 0 Å². The molecule has 0 saturated heterocycles. The average Bonchev–Trinajstić information content (AvgIpc) is 2.23. The van der Waals surface area contributed by atoms with Gasteiger partial charge in [0.1, 0.15) is 0 Å². The van der Waals surface area contributed by atoms with Gasteiger partial charge in [0.15, 0.2) is 0 Å². The SMILES string of the molecule is NC1C[C@H]2C=C[C@H]1C2. The van der Waals surface area contributed by atoms with Crippen molar-refractivity contribution in [2.45, 2.75) is 18.9 Å². The summed E-state index contributed by atoms with van der Waals surface area (Å²) in [5.41, 5.74) is 5.77. The molecule has 1 saturated carbocycles. The number of hydrogen-bond donors (Lipinski definition) is 1. The summed E-state index contributed by atoms with van der Waals surface area (Å²) >= 11 is 0. The molecule has 1 fully saturated rings. The molecule has 0 radical (unpaired) electrons. The molecule has 2 aliphatic rings. The van der Waals surface area contributed by atoms with Crippen LogP contribution in [0.15, 0.2) is 12.2 Å². The maximum Gasteiger partial charge on any atom is 0.0108 e. The van der Waals surface area contributed by atoms with Gasteiger partial charge < -0.3 is 5.73 Å². The highest BCUT2D eigenvalue weighted by Gasteiger charge is 2.32. The molecule has 0 aliphatic heterocycles. The van der Waals surface area contributed by atoms with E-state index in [0.29, 0.717) is 6.04 Å². The number of allylic oxidation sites excluding steroid dienone is 1. The maximum atomic E-state index is 5.77. The number of rotatable bonds is 0. The van der Waals surface area contributed by atoms with Crippen molar-refractivity contribution >= 4 is 0 Å². The second-order valence-electron chi connectivity index (χ2n) is 2.94. The van der Waals surface area contributed by atoms with E-state index in [2.05, 4.69) is 12.2 Å². The van der Waals surface area contributed by atoms with Crippen molar-refractivity contribution in [2.75, 3.05) is 0 Å². The van der Waals surface area contributed by atoms with Crippen molar-refractivity contribution < 1.29 is 0 Å². The van der Waals surface area contributed by atoms with Crippen molar-refractivity contribution in [2.24, 2.45) is 17.6 Å². The maximum absolute atomic E-state index is 5.77. The molecule has 2 aliphatic carbocycles. The Hall–Kier alpha value is -0.300. The van der Waals surface area contributed by atoms with Gasteiger partial charge in [-0.1, -0.05) is 12.2 Å². The molecule has 0 aromatic rings. The van der Waals surface area contributed by atoms with E-state index in [1.54, 1.807) is 0 Å². The molecule has 2 N–H and O–H groups in total. The first-order chi connectivity index (χ1) is 3.86. The van der Waals surface area contributed by atoms with E-state index in [9.17, 15) is 0 Å².